The molecule has 1 aliphatic heterocycles. The Morgan fingerprint density at radius 3 is 2.33 bits per heavy atom. The average molecular weight is 252 g/mol. The van der Waals surface area contributed by atoms with E-state index in [-0.39, 0.29) is 29.8 Å². The van der Waals surface area contributed by atoms with Gasteiger partial charge in [0, 0.05) is 0 Å². The van der Waals surface area contributed by atoms with E-state index in [0.29, 0.717) is 5.92 Å². The van der Waals surface area contributed by atoms with Gasteiger partial charge in [-0.15, -0.1) is 0 Å². The molecule has 2 aliphatic rings. The molecule has 1 heterocycles. The summed E-state index contributed by atoms with van der Waals surface area (Å²) < 4.78 is 0. The fraction of sp³-hybridized carbons (Fsp3) is 0.857. The van der Waals surface area contributed by atoms with Crippen molar-refractivity contribution in [1.82, 2.24) is 10.6 Å². The maximum absolute atomic E-state index is 12.0. The van der Waals surface area contributed by atoms with E-state index < -0.39 is 0 Å². The van der Waals surface area contributed by atoms with Crippen molar-refractivity contribution < 1.29 is 9.59 Å². The van der Waals surface area contributed by atoms with Gasteiger partial charge in [-0.05, 0) is 18.3 Å². The van der Waals surface area contributed by atoms with Gasteiger partial charge in [0.2, 0.25) is 11.8 Å². The lowest BCUT2D eigenvalue weighted by atomic mass is 9.84. The highest BCUT2D eigenvalue weighted by atomic mass is 16.2. The molecule has 0 aromatic heterocycles. The highest BCUT2D eigenvalue weighted by Gasteiger charge is 2.36. The third-order valence-electron chi connectivity index (χ3n) is 4.17. The van der Waals surface area contributed by atoms with Crippen LogP contribution in [0.15, 0.2) is 0 Å². The van der Waals surface area contributed by atoms with Crippen LogP contribution < -0.4 is 10.6 Å². The third kappa shape index (κ3) is 3.03. The van der Waals surface area contributed by atoms with E-state index >= 15 is 0 Å². The van der Waals surface area contributed by atoms with E-state index in [9.17, 15) is 9.59 Å². The van der Waals surface area contributed by atoms with Gasteiger partial charge in [-0.1, -0.05) is 46.0 Å². The van der Waals surface area contributed by atoms with Crippen molar-refractivity contribution in [3.63, 3.8) is 0 Å². The second kappa shape index (κ2) is 5.72. The van der Waals surface area contributed by atoms with Crippen molar-refractivity contribution in [2.45, 2.75) is 64.5 Å². The highest BCUT2D eigenvalue weighted by Crippen LogP contribution is 2.28. The fourth-order valence-corrected chi connectivity index (χ4v) is 3.04. The molecular weight excluding hydrogens is 228 g/mol. The van der Waals surface area contributed by atoms with Gasteiger partial charge < -0.3 is 10.6 Å². The SMILES string of the molecule is CC(C)[C@@H]1NC(=O)[C@H](CC2CCCCC2)NC1=O. The molecule has 2 N–H and O–H groups in total. The van der Waals surface area contributed by atoms with E-state index in [2.05, 4.69) is 10.6 Å². The van der Waals surface area contributed by atoms with E-state index in [1.54, 1.807) is 0 Å². The molecule has 2 rings (SSSR count). The first kappa shape index (κ1) is 13.4. The lowest BCUT2D eigenvalue weighted by Crippen LogP contribution is -2.63. The summed E-state index contributed by atoms with van der Waals surface area (Å²) in [5, 5.41) is 5.75. The Labute approximate surface area is 109 Å². The lowest BCUT2D eigenvalue weighted by Gasteiger charge is -2.34. The maximum Gasteiger partial charge on any atom is 0.243 e. The van der Waals surface area contributed by atoms with Gasteiger partial charge in [0.25, 0.3) is 0 Å². The second-order valence-corrected chi connectivity index (χ2v) is 6.03. The van der Waals surface area contributed by atoms with Crippen LogP contribution >= 0.6 is 0 Å². The van der Waals surface area contributed by atoms with Crippen LogP contribution in [0.4, 0.5) is 0 Å². The molecule has 1 saturated heterocycles. The number of rotatable bonds is 3. The van der Waals surface area contributed by atoms with Gasteiger partial charge in [0.1, 0.15) is 12.1 Å². The minimum absolute atomic E-state index is 0.00104. The van der Waals surface area contributed by atoms with Crippen LogP contribution in [0.1, 0.15) is 52.4 Å². The average Bonchev–Trinajstić information content (AvgIpc) is 2.34. The number of carbonyl (C=O) groups excluding carboxylic acids is 2. The Morgan fingerprint density at radius 1 is 1.06 bits per heavy atom. The molecule has 2 amide bonds. The Hall–Kier alpha value is -1.06. The van der Waals surface area contributed by atoms with Crippen LogP contribution in [-0.2, 0) is 9.59 Å². The molecule has 1 aliphatic carbocycles. The normalized spacial score (nSPS) is 30.2. The predicted octanol–water partition coefficient (Wildman–Crippen LogP) is 1.60. The number of carbonyl (C=O) groups is 2. The van der Waals surface area contributed by atoms with Gasteiger partial charge in [0.15, 0.2) is 0 Å². The minimum Gasteiger partial charge on any atom is -0.343 e. The van der Waals surface area contributed by atoms with Crippen LogP contribution in [0.5, 0.6) is 0 Å². The fourth-order valence-electron chi connectivity index (χ4n) is 3.04. The van der Waals surface area contributed by atoms with Crippen LogP contribution in [0.25, 0.3) is 0 Å². The summed E-state index contributed by atoms with van der Waals surface area (Å²) in [6.07, 6.45) is 7.06. The largest absolute Gasteiger partial charge is 0.343 e. The van der Waals surface area contributed by atoms with Gasteiger partial charge in [-0.2, -0.15) is 0 Å². The van der Waals surface area contributed by atoms with Crippen molar-refractivity contribution in [2.75, 3.05) is 0 Å². The van der Waals surface area contributed by atoms with Crippen LogP contribution in [-0.4, -0.2) is 23.9 Å². The summed E-state index contributed by atoms with van der Waals surface area (Å²) in [4.78, 5) is 23.9. The van der Waals surface area contributed by atoms with Gasteiger partial charge in [-0.3, -0.25) is 9.59 Å². The Kier molecular flexibility index (Phi) is 4.25. The molecule has 0 spiro atoms. The quantitative estimate of drug-likeness (QED) is 0.801. The van der Waals surface area contributed by atoms with Crippen molar-refractivity contribution in [3.05, 3.63) is 0 Å². The molecule has 0 unspecified atom stereocenters. The number of hydrogen-bond acceptors (Lipinski definition) is 2. The summed E-state index contributed by atoms with van der Waals surface area (Å²) >= 11 is 0. The van der Waals surface area contributed by atoms with Crippen LogP contribution in [0, 0.1) is 11.8 Å². The maximum atomic E-state index is 12.0. The summed E-state index contributed by atoms with van der Waals surface area (Å²) in [6.45, 7) is 3.90. The third-order valence-corrected chi connectivity index (χ3v) is 4.17. The smallest absolute Gasteiger partial charge is 0.243 e. The molecule has 0 radical (unpaired) electrons. The van der Waals surface area contributed by atoms with Gasteiger partial charge in [-0.25, -0.2) is 0 Å². The Morgan fingerprint density at radius 2 is 1.72 bits per heavy atom. The van der Waals surface area contributed by atoms with Crippen molar-refractivity contribution >= 4 is 11.8 Å². The first-order valence-electron chi connectivity index (χ1n) is 7.18. The van der Waals surface area contributed by atoms with Crippen molar-refractivity contribution in [3.8, 4) is 0 Å². The molecule has 0 aromatic rings. The molecular formula is C14H24N2O2. The summed E-state index contributed by atoms with van der Waals surface area (Å²) in [7, 11) is 0. The minimum atomic E-state index is -0.361. The number of piperazine rings is 1. The topological polar surface area (TPSA) is 58.2 Å². The summed E-state index contributed by atoms with van der Waals surface area (Å²) in [5.74, 6) is 0.722. The molecule has 1 saturated carbocycles. The van der Waals surface area contributed by atoms with E-state index in [1.807, 2.05) is 13.8 Å². The van der Waals surface area contributed by atoms with Crippen LogP contribution in [0.2, 0.25) is 0 Å². The Bertz CT molecular complexity index is 322. The van der Waals surface area contributed by atoms with E-state index in [4.69, 9.17) is 0 Å². The van der Waals surface area contributed by atoms with Crippen molar-refractivity contribution in [1.29, 1.82) is 0 Å². The first-order valence-corrected chi connectivity index (χ1v) is 7.18. The molecule has 2 atom stereocenters. The van der Waals surface area contributed by atoms with E-state index in [0.717, 1.165) is 6.42 Å². The molecule has 0 bridgehead atoms. The van der Waals surface area contributed by atoms with E-state index in [1.165, 1.54) is 32.1 Å². The number of hydrogen-bond donors (Lipinski definition) is 2. The molecule has 18 heavy (non-hydrogen) atoms. The molecule has 0 aromatic carbocycles. The Balaban J connectivity index is 1.90. The number of amides is 2. The van der Waals surface area contributed by atoms with Crippen molar-refractivity contribution in [2.24, 2.45) is 11.8 Å². The highest BCUT2D eigenvalue weighted by molar-refractivity contribution is 5.97. The van der Waals surface area contributed by atoms with Gasteiger partial charge in [0.05, 0.1) is 0 Å². The second-order valence-electron chi connectivity index (χ2n) is 6.03. The molecule has 2 fully saturated rings. The van der Waals surface area contributed by atoms with Crippen LogP contribution in [0.3, 0.4) is 0 Å². The zero-order chi connectivity index (χ0) is 13.1. The lowest BCUT2D eigenvalue weighted by molar-refractivity contribution is -0.138. The monoisotopic (exact) mass is 252 g/mol. The standard InChI is InChI=1S/C14H24N2O2/c1-9(2)12-14(18)15-11(13(17)16-12)8-10-6-4-3-5-7-10/h9-12H,3-8H2,1-2H3,(H,15,18)(H,16,17)/t11-,12-/m0/s1. The summed E-state index contributed by atoms with van der Waals surface area (Å²) in [6, 6.07) is -0.671. The molecule has 102 valence electrons. The molecule has 4 nitrogen and oxygen atoms in total. The predicted molar refractivity (Wildman–Crippen MR) is 69.9 cm³/mol. The zero-order valence-corrected chi connectivity index (χ0v) is 11.4. The zero-order valence-electron chi connectivity index (χ0n) is 11.4. The summed E-state index contributed by atoms with van der Waals surface area (Å²) in [5.41, 5.74) is 0. The number of nitrogens with one attached hydrogen (secondary N) is 2. The van der Waals surface area contributed by atoms with Gasteiger partial charge >= 0.3 is 0 Å². The first-order chi connectivity index (χ1) is 8.58. The molecule has 4 heteroatoms.